The first-order valence-electron chi connectivity index (χ1n) is 6.84. The first-order valence-corrected chi connectivity index (χ1v) is 6.84. The smallest absolute Gasteiger partial charge is 0.283 e. The molecule has 2 aromatic rings. The number of aromatic nitrogens is 2. The molecule has 1 aliphatic rings. The third kappa shape index (κ3) is 2.32. The van der Waals surface area contributed by atoms with Crippen LogP contribution >= 0.6 is 0 Å². The normalized spacial score (nSPS) is 24.7. The van der Waals surface area contributed by atoms with Crippen molar-refractivity contribution in [1.82, 2.24) is 9.78 Å². The summed E-state index contributed by atoms with van der Waals surface area (Å²) < 4.78 is 35.1. The van der Waals surface area contributed by atoms with Crippen LogP contribution < -0.4 is 5.73 Å². The van der Waals surface area contributed by atoms with Gasteiger partial charge < -0.3 is 10.5 Å². The van der Waals surface area contributed by atoms with E-state index in [2.05, 4.69) is 10.1 Å². The number of rotatable bonds is 2. The summed E-state index contributed by atoms with van der Waals surface area (Å²) in [5.41, 5.74) is 5.82. The van der Waals surface area contributed by atoms with Gasteiger partial charge in [-0.15, -0.1) is 0 Å². The molecule has 0 saturated heterocycles. The standard InChI is InChI=1S/C15H16F2N4O/c1-9-6-19-21(7-9)10-3-4-12(16)11(5-10)15(2)13(17)8-22-14(18)20-15/h3-7,13H,8H2,1-2H3,(H2,18,20). The number of nitrogens with two attached hydrogens (primary N) is 1. The second kappa shape index (κ2) is 5.08. The zero-order valence-corrected chi connectivity index (χ0v) is 12.3. The molecule has 0 radical (unpaired) electrons. The largest absolute Gasteiger partial charge is 0.462 e. The lowest BCUT2D eigenvalue weighted by molar-refractivity contribution is 0.0923. The topological polar surface area (TPSA) is 65.4 Å². The Morgan fingerprint density at radius 2 is 2.23 bits per heavy atom. The van der Waals surface area contributed by atoms with Crippen molar-refractivity contribution in [2.75, 3.05) is 6.61 Å². The summed E-state index contributed by atoms with van der Waals surface area (Å²) >= 11 is 0. The van der Waals surface area contributed by atoms with Crippen molar-refractivity contribution < 1.29 is 13.5 Å². The molecular formula is C15H16F2N4O. The maximum absolute atomic E-state index is 14.3. The molecule has 1 aromatic heterocycles. The van der Waals surface area contributed by atoms with Gasteiger partial charge in [0.25, 0.3) is 6.02 Å². The number of aliphatic imine (C=N–C) groups is 1. The van der Waals surface area contributed by atoms with Gasteiger partial charge in [0, 0.05) is 11.8 Å². The fourth-order valence-electron chi connectivity index (χ4n) is 2.48. The summed E-state index contributed by atoms with van der Waals surface area (Å²) in [5.74, 6) is -0.545. The van der Waals surface area contributed by atoms with Gasteiger partial charge >= 0.3 is 0 Å². The highest BCUT2D eigenvalue weighted by atomic mass is 19.1. The molecule has 0 aliphatic carbocycles. The number of amidine groups is 1. The molecule has 2 N–H and O–H groups in total. The van der Waals surface area contributed by atoms with Gasteiger partial charge in [0.15, 0.2) is 6.17 Å². The Labute approximate surface area is 126 Å². The van der Waals surface area contributed by atoms with Gasteiger partial charge in [-0.1, -0.05) is 0 Å². The zero-order chi connectivity index (χ0) is 15.9. The summed E-state index contributed by atoms with van der Waals surface area (Å²) in [5, 5.41) is 4.17. The van der Waals surface area contributed by atoms with Gasteiger partial charge in [-0.25, -0.2) is 18.5 Å². The van der Waals surface area contributed by atoms with E-state index in [1.54, 1.807) is 23.1 Å². The van der Waals surface area contributed by atoms with Crippen molar-refractivity contribution in [3.05, 3.63) is 47.5 Å². The number of ether oxygens (including phenoxy) is 1. The molecule has 1 aliphatic heterocycles. The Kier molecular flexibility index (Phi) is 3.35. The van der Waals surface area contributed by atoms with Gasteiger partial charge in [0.1, 0.15) is 18.0 Å². The number of nitrogens with zero attached hydrogens (tertiary/aromatic N) is 3. The molecule has 0 bridgehead atoms. The molecule has 2 atom stereocenters. The number of aryl methyl sites for hydroxylation is 1. The molecule has 0 fully saturated rings. The average Bonchev–Trinajstić information content (AvgIpc) is 2.90. The van der Waals surface area contributed by atoms with Crippen LogP contribution in [0.15, 0.2) is 35.6 Å². The second-order valence-electron chi connectivity index (χ2n) is 5.50. The molecule has 2 unspecified atom stereocenters. The van der Waals surface area contributed by atoms with Gasteiger partial charge in [0.05, 0.1) is 11.9 Å². The predicted octanol–water partition coefficient (Wildman–Crippen LogP) is 2.22. The van der Waals surface area contributed by atoms with Crippen molar-refractivity contribution in [1.29, 1.82) is 0 Å². The van der Waals surface area contributed by atoms with E-state index >= 15 is 0 Å². The van der Waals surface area contributed by atoms with E-state index in [0.29, 0.717) is 5.69 Å². The van der Waals surface area contributed by atoms with Crippen LogP contribution in [0.4, 0.5) is 8.78 Å². The molecule has 5 nitrogen and oxygen atoms in total. The van der Waals surface area contributed by atoms with Crippen LogP contribution in [0.2, 0.25) is 0 Å². The van der Waals surface area contributed by atoms with E-state index in [9.17, 15) is 8.78 Å². The quantitative estimate of drug-likeness (QED) is 0.925. The summed E-state index contributed by atoms with van der Waals surface area (Å²) in [4.78, 5) is 3.99. The van der Waals surface area contributed by atoms with Crippen molar-refractivity contribution in [2.24, 2.45) is 10.7 Å². The fourth-order valence-corrected chi connectivity index (χ4v) is 2.48. The molecule has 0 saturated carbocycles. The van der Waals surface area contributed by atoms with Gasteiger partial charge in [-0.2, -0.15) is 5.10 Å². The number of benzene rings is 1. The Bertz CT molecular complexity index is 743. The van der Waals surface area contributed by atoms with Crippen LogP contribution in [0.1, 0.15) is 18.1 Å². The molecule has 1 aromatic carbocycles. The van der Waals surface area contributed by atoms with Crippen molar-refractivity contribution in [2.45, 2.75) is 25.6 Å². The molecule has 0 amide bonds. The highest BCUT2D eigenvalue weighted by molar-refractivity contribution is 5.73. The Morgan fingerprint density at radius 3 is 2.91 bits per heavy atom. The molecule has 7 heteroatoms. The first kappa shape index (κ1) is 14.5. The Hall–Kier alpha value is -2.44. The molecule has 3 rings (SSSR count). The first-order chi connectivity index (χ1) is 10.4. The SMILES string of the molecule is Cc1cnn(-c2ccc(F)c(C3(C)N=C(N)OCC3F)c2)c1. The average molecular weight is 306 g/mol. The van der Waals surface area contributed by atoms with Crippen LogP contribution in [-0.4, -0.2) is 28.6 Å². The number of hydrogen-bond donors (Lipinski definition) is 1. The Morgan fingerprint density at radius 1 is 1.45 bits per heavy atom. The summed E-state index contributed by atoms with van der Waals surface area (Å²) in [6, 6.07) is 4.25. The van der Waals surface area contributed by atoms with Crippen molar-refractivity contribution >= 4 is 6.02 Å². The molecular weight excluding hydrogens is 290 g/mol. The minimum Gasteiger partial charge on any atom is -0.462 e. The van der Waals surface area contributed by atoms with Crippen LogP contribution in [0.5, 0.6) is 0 Å². The van der Waals surface area contributed by atoms with E-state index in [1.807, 2.05) is 6.92 Å². The molecule has 0 spiro atoms. The third-order valence-corrected chi connectivity index (χ3v) is 3.80. The maximum Gasteiger partial charge on any atom is 0.283 e. The minimum atomic E-state index is -1.50. The van der Waals surface area contributed by atoms with Crippen LogP contribution in [0.25, 0.3) is 5.69 Å². The van der Waals surface area contributed by atoms with Crippen LogP contribution in [0.3, 0.4) is 0 Å². The third-order valence-electron chi connectivity index (χ3n) is 3.80. The zero-order valence-electron chi connectivity index (χ0n) is 12.3. The minimum absolute atomic E-state index is 0.122. The summed E-state index contributed by atoms with van der Waals surface area (Å²) in [6.45, 7) is 3.15. The van der Waals surface area contributed by atoms with Gasteiger partial charge in [-0.05, 0) is 37.6 Å². The molecule has 22 heavy (non-hydrogen) atoms. The van der Waals surface area contributed by atoms with Gasteiger partial charge in [0.2, 0.25) is 0 Å². The lowest BCUT2D eigenvalue weighted by Gasteiger charge is -2.33. The predicted molar refractivity (Wildman–Crippen MR) is 78.1 cm³/mol. The lowest BCUT2D eigenvalue weighted by atomic mass is 9.86. The van der Waals surface area contributed by atoms with Crippen LogP contribution in [0, 0.1) is 12.7 Å². The summed E-state index contributed by atoms with van der Waals surface area (Å²) in [6.07, 6.45) is 1.99. The monoisotopic (exact) mass is 306 g/mol. The highest BCUT2D eigenvalue weighted by Crippen LogP contribution is 2.36. The van der Waals surface area contributed by atoms with E-state index in [1.165, 1.54) is 19.1 Å². The summed E-state index contributed by atoms with van der Waals surface area (Å²) in [7, 11) is 0. The van der Waals surface area contributed by atoms with Gasteiger partial charge in [-0.3, -0.25) is 0 Å². The van der Waals surface area contributed by atoms with Crippen LogP contribution in [-0.2, 0) is 10.3 Å². The number of halogens is 2. The Balaban J connectivity index is 2.12. The number of hydrogen-bond acceptors (Lipinski definition) is 4. The molecule has 116 valence electrons. The highest BCUT2D eigenvalue weighted by Gasteiger charge is 2.42. The van der Waals surface area contributed by atoms with E-state index < -0.39 is 17.5 Å². The van der Waals surface area contributed by atoms with E-state index in [-0.39, 0.29) is 18.2 Å². The van der Waals surface area contributed by atoms with E-state index in [0.717, 1.165) is 5.56 Å². The van der Waals surface area contributed by atoms with Crippen molar-refractivity contribution in [3.8, 4) is 5.69 Å². The maximum atomic E-state index is 14.3. The molecule has 2 heterocycles. The fraction of sp³-hybridized carbons (Fsp3) is 0.333. The lowest BCUT2D eigenvalue weighted by Crippen LogP contribution is -2.43. The van der Waals surface area contributed by atoms with Crippen molar-refractivity contribution in [3.63, 3.8) is 0 Å². The second-order valence-corrected chi connectivity index (χ2v) is 5.50. The van der Waals surface area contributed by atoms with E-state index in [4.69, 9.17) is 10.5 Å². The number of alkyl halides is 1.